The fraction of sp³-hybridized carbons (Fsp3) is 0.400. The van der Waals surface area contributed by atoms with E-state index in [1.165, 1.54) is 28.8 Å². The molecule has 2 amide bonds. The van der Waals surface area contributed by atoms with Crippen LogP contribution in [0.5, 0.6) is 0 Å². The Kier molecular flexibility index (Phi) is 5.53. The first-order valence-electron chi connectivity index (χ1n) is 8.91. The lowest BCUT2D eigenvalue weighted by molar-refractivity contribution is 0.0849. The maximum atomic E-state index is 12.3. The summed E-state index contributed by atoms with van der Waals surface area (Å²) in [7, 11) is 0. The van der Waals surface area contributed by atoms with Crippen LogP contribution in [0.2, 0.25) is 0 Å². The van der Waals surface area contributed by atoms with Crippen LogP contribution in [0.4, 0.5) is 0 Å². The summed E-state index contributed by atoms with van der Waals surface area (Å²) in [6.45, 7) is 4.29. The molecule has 2 N–H and O–H groups in total. The predicted molar refractivity (Wildman–Crippen MR) is 101 cm³/mol. The van der Waals surface area contributed by atoms with E-state index in [4.69, 9.17) is 0 Å². The summed E-state index contributed by atoms with van der Waals surface area (Å²) in [5, 5.41) is 0. The van der Waals surface area contributed by atoms with E-state index < -0.39 is 0 Å². The molecule has 1 aromatic carbocycles. The van der Waals surface area contributed by atoms with Crippen molar-refractivity contribution in [3.8, 4) is 0 Å². The van der Waals surface area contributed by atoms with Crippen molar-refractivity contribution >= 4 is 23.2 Å². The Morgan fingerprint density at radius 3 is 2.52 bits per heavy atom. The second kappa shape index (κ2) is 7.83. The van der Waals surface area contributed by atoms with Crippen LogP contribution in [-0.4, -0.2) is 11.8 Å². The maximum Gasteiger partial charge on any atom is 0.279 e. The lowest BCUT2D eigenvalue weighted by Gasteiger charge is -2.19. The molecule has 1 atom stereocenters. The van der Waals surface area contributed by atoms with Crippen molar-refractivity contribution in [2.75, 3.05) is 0 Å². The number of amides is 2. The molecule has 0 fully saturated rings. The van der Waals surface area contributed by atoms with E-state index >= 15 is 0 Å². The van der Waals surface area contributed by atoms with Crippen LogP contribution in [0.15, 0.2) is 30.3 Å². The Morgan fingerprint density at radius 1 is 1.12 bits per heavy atom. The van der Waals surface area contributed by atoms with Gasteiger partial charge in [-0.1, -0.05) is 32.4 Å². The minimum Gasteiger partial charge on any atom is -0.267 e. The molecule has 2 aromatic rings. The van der Waals surface area contributed by atoms with E-state index in [0.717, 1.165) is 25.2 Å². The average Bonchev–Trinajstić information content (AvgIpc) is 3.09. The molecule has 5 heteroatoms. The number of benzene rings is 1. The number of nitrogens with one attached hydrogen (secondary N) is 2. The maximum absolute atomic E-state index is 12.3. The molecule has 0 saturated heterocycles. The molecule has 132 valence electrons. The van der Waals surface area contributed by atoms with Gasteiger partial charge >= 0.3 is 0 Å². The average molecular weight is 356 g/mol. The van der Waals surface area contributed by atoms with Crippen LogP contribution >= 0.6 is 11.3 Å². The summed E-state index contributed by atoms with van der Waals surface area (Å²) < 4.78 is 0. The van der Waals surface area contributed by atoms with Gasteiger partial charge in [-0.2, -0.15) is 0 Å². The zero-order valence-corrected chi connectivity index (χ0v) is 15.5. The third-order valence-electron chi connectivity index (χ3n) is 4.90. The monoisotopic (exact) mass is 356 g/mol. The van der Waals surface area contributed by atoms with Crippen LogP contribution in [0.3, 0.4) is 0 Å². The van der Waals surface area contributed by atoms with Crippen molar-refractivity contribution < 1.29 is 9.59 Å². The molecule has 25 heavy (non-hydrogen) atoms. The Hall–Kier alpha value is -2.14. The highest BCUT2D eigenvalue weighted by Gasteiger charge is 2.22. The molecular weight excluding hydrogens is 332 g/mol. The number of carbonyl (C=O) groups excluding carboxylic acids is 2. The normalized spacial score (nSPS) is 16.2. The van der Waals surface area contributed by atoms with Gasteiger partial charge in [-0.25, -0.2) is 0 Å². The van der Waals surface area contributed by atoms with Gasteiger partial charge in [0.1, 0.15) is 0 Å². The van der Waals surface area contributed by atoms with Gasteiger partial charge in [0.2, 0.25) is 0 Å². The lowest BCUT2D eigenvalue weighted by Crippen LogP contribution is -2.41. The van der Waals surface area contributed by atoms with Crippen molar-refractivity contribution in [2.24, 2.45) is 5.92 Å². The number of rotatable bonds is 4. The van der Waals surface area contributed by atoms with Crippen LogP contribution in [-0.2, 0) is 19.3 Å². The summed E-state index contributed by atoms with van der Waals surface area (Å²) >= 11 is 1.55. The Bertz CT molecular complexity index is 765. The van der Waals surface area contributed by atoms with Crippen LogP contribution in [0.25, 0.3) is 0 Å². The fourth-order valence-corrected chi connectivity index (χ4v) is 4.30. The number of hydrogen-bond donors (Lipinski definition) is 2. The second-order valence-electron chi connectivity index (χ2n) is 6.53. The SMILES string of the molecule is CCc1ccc(C(=O)NNC(=O)c2cc3c(s2)CC[C@@H](CC)C3)cc1. The van der Waals surface area contributed by atoms with Gasteiger partial charge in [0.25, 0.3) is 11.8 Å². The molecule has 1 heterocycles. The molecule has 0 spiro atoms. The number of carbonyl (C=O) groups is 2. The van der Waals surface area contributed by atoms with E-state index in [9.17, 15) is 9.59 Å². The standard InChI is InChI=1S/C20H24N2O2S/c1-3-13-5-8-15(9-6-13)19(23)21-22-20(24)18-12-16-11-14(4-2)7-10-17(16)25-18/h5-6,8-9,12,14H,3-4,7,10-11H2,1-2H3,(H,21,23)(H,22,24)/t14-/m1/s1. The highest BCUT2D eigenvalue weighted by molar-refractivity contribution is 7.14. The molecule has 1 aliphatic carbocycles. The van der Waals surface area contributed by atoms with Gasteiger partial charge in [0.05, 0.1) is 4.88 Å². The summed E-state index contributed by atoms with van der Waals surface area (Å²) in [6.07, 6.45) is 5.44. The molecule has 0 radical (unpaired) electrons. The summed E-state index contributed by atoms with van der Waals surface area (Å²) in [6, 6.07) is 9.38. The van der Waals surface area contributed by atoms with E-state index in [0.29, 0.717) is 10.4 Å². The topological polar surface area (TPSA) is 58.2 Å². The first kappa shape index (κ1) is 17.7. The molecule has 1 aliphatic rings. The van der Waals surface area contributed by atoms with Gasteiger partial charge < -0.3 is 0 Å². The van der Waals surface area contributed by atoms with Crippen molar-refractivity contribution in [3.05, 3.63) is 56.8 Å². The van der Waals surface area contributed by atoms with E-state index in [2.05, 4.69) is 24.7 Å². The zero-order valence-electron chi connectivity index (χ0n) is 14.7. The Balaban J connectivity index is 1.59. The molecule has 0 bridgehead atoms. The van der Waals surface area contributed by atoms with E-state index in [-0.39, 0.29) is 11.8 Å². The molecular formula is C20H24N2O2S. The second-order valence-corrected chi connectivity index (χ2v) is 7.67. The number of aryl methyl sites for hydroxylation is 2. The van der Waals surface area contributed by atoms with E-state index in [1.54, 1.807) is 23.5 Å². The molecule has 1 aromatic heterocycles. The number of fused-ring (bicyclic) bond motifs is 1. The van der Waals surface area contributed by atoms with Crippen molar-refractivity contribution in [3.63, 3.8) is 0 Å². The minimum atomic E-state index is -0.302. The molecule has 4 nitrogen and oxygen atoms in total. The van der Waals surface area contributed by atoms with Crippen LogP contribution in [0, 0.1) is 5.92 Å². The minimum absolute atomic E-state index is 0.244. The predicted octanol–water partition coefficient (Wildman–Crippen LogP) is 3.90. The zero-order chi connectivity index (χ0) is 17.8. The van der Waals surface area contributed by atoms with Crippen molar-refractivity contribution in [2.45, 2.75) is 46.0 Å². The summed E-state index contributed by atoms with van der Waals surface area (Å²) in [5.41, 5.74) is 8.05. The molecule has 3 rings (SSSR count). The van der Waals surface area contributed by atoms with Crippen molar-refractivity contribution in [1.82, 2.24) is 10.9 Å². The largest absolute Gasteiger partial charge is 0.279 e. The highest BCUT2D eigenvalue weighted by Crippen LogP contribution is 2.33. The van der Waals surface area contributed by atoms with Crippen LogP contribution < -0.4 is 10.9 Å². The fourth-order valence-electron chi connectivity index (χ4n) is 3.20. The van der Waals surface area contributed by atoms with E-state index in [1.807, 2.05) is 18.2 Å². The third kappa shape index (κ3) is 4.10. The Morgan fingerprint density at radius 2 is 1.84 bits per heavy atom. The van der Waals surface area contributed by atoms with Gasteiger partial charge in [0, 0.05) is 10.4 Å². The summed E-state index contributed by atoms with van der Waals surface area (Å²) in [4.78, 5) is 26.5. The quantitative estimate of drug-likeness (QED) is 0.816. The molecule has 0 aliphatic heterocycles. The summed E-state index contributed by atoms with van der Waals surface area (Å²) in [5.74, 6) is 0.179. The van der Waals surface area contributed by atoms with Gasteiger partial charge in [-0.05, 0) is 60.9 Å². The van der Waals surface area contributed by atoms with Gasteiger partial charge in [-0.15, -0.1) is 11.3 Å². The van der Waals surface area contributed by atoms with Crippen molar-refractivity contribution in [1.29, 1.82) is 0 Å². The highest BCUT2D eigenvalue weighted by atomic mass is 32.1. The van der Waals surface area contributed by atoms with Crippen LogP contribution in [0.1, 0.15) is 62.7 Å². The first-order valence-corrected chi connectivity index (χ1v) is 9.73. The number of thiophene rings is 1. The lowest BCUT2D eigenvalue weighted by atomic mass is 9.87. The Labute approximate surface area is 152 Å². The smallest absolute Gasteiger partial charge is 0.267 e. The van der Waals surface area contributed by atoms with Gasteiger partial charge in [0.15, 0.2) is 0 Å². The molecule has 0 unspecified atom stereocenters. The van der Waals surface area contributed by atoms with Gasteiger partial charge in [-0.3, -0.25) is 20.4 Å². The number of hydrazine groups is 1. The first-order chi connectivity index (χ1) is 12.1. The third-order valence-corrected chi connectivity index (χ3v) is 6.14. The molecule has 0 saturated carbocycles. The number of hydrogen-bond acceptors (Lipinski definition) is 3.